The zero-order valence-corrected chi connectivity index (χ0v) is 17.1. The molecule has 6 nitrogen and oxygen atoms in total. The number of unbranched alkanes of at least 4 members (excludes halogenated alkanes) is 6. The van der Waals surface area contributed by atoms with Crippen molar-refractivity contribution < 1.29 is 9.59 Å². The van der Waals surface area contributed by atoms with Crippen molar-refractivity contribution in [3.05, 3.63) is 23.8 Å². The van der Waals surface area contributed by atoms with E-state index < -0.39 is 0 Å². The largest absolute Gasteiger partial charge is 0.338 e. The van der Waals surface area contributed by atoms with E-state index in [1.54, 1.807) is 6.07 Å². The summed E-state index contributed by atoms with van der Waals surface area (Å²) >= 11 is 0. The highest BCUT2D eigenvalue weighted by molar-refractivity contribution is 5.93. The molecular formula is C21H36N4O2. The van der Waals surface area contributed by atoms with Gasteiger partial charge in [-0.3, -0.25) is 0 Å². The summed E-state index contributed by atoms with van der Waals surface area (Å²) in [6.07, 6.45) is 8.97. The minimum Gasteiger partial charge on any atom is -0.338 e. The summed E-state index contributed by atoms with van der Waals surface area (Å²) in [4.78, 5) is 24.0. The number of hydrogen-bond donors (Lipinski definition) is 4. The van der Waals surface area contributed by atoms with Crippen LogP contribution in [0.3, 0.4) is 0 Å². The molecule has 0 aromatic heterocycles. The Morgan fingerprint density at radius 2 is 1.33 bits per heavy atom. The number of aryl methyl sites for hydroxylation is 1. The first-order chi connectivity index (χ1) is 13.1. The van der Waals surface area contributed by atoms with Crippen molar-refractivity contribution in [3.8, 4) is 0 Å². The summed E-state index contributed by atoms with van der Waals surface area (Å²) in [5, 5.41) is 11.4. The number of carbonyl (C=O) groups excluding carboxylic acids is 2. The molecular weight excluding hydrogens is 340 g/mol. The van der Waals surface area contributed by atoms with Gasteiger partial charge in [-0.25, -0.2) is 9.59 Å². The monoisotopic (exact) mass is 376 g/mol. The molecule has 0 bridgehead atoms. The lowest BCUT2D eigenvalue weighted by atomic mass is 10.2. The molecule has 0 heterocycles. The first kappa shape index (κ1) is 22.8. The van der Waals surface area contributed by atoms with Crippen LogP contribution in [0.2, 0.25) is 0 Å². The first-order valence-corrected chi connectivity index (χ1v) is 10.3. The fourth-order valence-electron chi connectivity index (χ4n) is 2.68. The van der Waals surface area contributed by atoms with Gasteiger partial charge in [-0.15, -0.1) is 0 Å². The lowest BCUT2D eigenvalue weighted by Gasteiger charge is -2.13. The highest BCUT2D eigenvalue weighted by atomic mass is 16.2. The summed E-state index contributed by atoms with van der Waals surface area (Å²) in [6, 6.07) is 5.06. The fourth-order valence-corrected chi connectivity index (χ4v) is 2.68. The molecule has 0 fully saturated rings. The second-order valence-corrected chi connectivity index (χ2v) is 6.91. The minimum atomic E-state index is -0.221. The lowest BCUT2D eigenvalue weighted by molar-refractivity contribution is 0.251. The molecule has 0 radical (unpaired) electrons. The second-order valence-electron chi connectivity index (χ2n) is 6.91. The van der Waals surface area contributed by atoms with Crippen LogP contribution in [0.25, 0.3) is 0 Å². The molecule has 4 N–H and O–H groups in total. The van der Waals surface area contributed by atoms with Gasteiger partial charge < -0.3 is 21.3 Å². The Labute approximate surface area is 163 Å². The van der Waals surface area contributed by atoms with Crippen LogP contribution in [0, 0.1) is 6.92 Å². The van der Waals surface area contributed by atoms with E-state index in [1.807, 2.05) is 19.1 Å². The molecule has 0 saturated heterocycles. The maximum Gasteiger partial charge on any atom is 0.319 e. The quantitative estimate of drug-likeness (QED) is 0.368. The molecule has 0 atom stereocenters. The van der Waals surface area contributed by atoms with Crippen LogP contribution < -0.4 is 21.3 Å². The van der Waals surface area contributed by atoms with Crippen molar-refractivity contribution in [2.24, 2.45) is 0 Å². The van der Waals surface area contributed by atoms with Crippen molar-refractivity contribution in [3.63, 3.8) is 0 Å². The Hall–Kier alpha value is -2.24. The van der Waals surface area contributed by atoms with E-state index in [1.165, 1.54) is 25.7 Å². The first-order valence-electron chi connectivity index (χ1n) is 10.3. The third-order valence-corrected chi connectivity index (χ3v) is 4.38. The molecule has 0 saturated carbocycles. The molecule has 152 valence electrons. The summed E-state index contributed by atoms with van der Waals surface area (Å²) in [7, 11) is 0. The Morgan fingerprint density at radius 3 is 1.89 bits per heavy atom. The normalized spacial score (nSPS) is 10.3. The fraction of sp³-hybridized carbons (Fsp3) is 0.619. The highest BCUT2D eigenvalue weighted by Crippen LogP contribution is 2.20. The molecule has 1 rings (SSSR count). The number of amides is 4. The van der Waals surface area contributed by atoms with E-state index in [2.05, 4.69) is 35.1 Å². The van der Waals surface area contributed by atoms with Gasteiger partial charge in [-0.05, 0) is 37.5 Å². The van der Waals surface area contributed by atoms with Gasteiger partial charge in [0.15, 0.2) is 0 Å². The molecule has 0 aliphatic carbocycles. The smallest absolute Gasteiger partial charge is 0.319 e. The minimum absolute atomic E-state index is 0.216. The third-order valence-electron chi connectivity index (χ3n) is 4.38. The van der Waals surface area contributed by atoms with E-state index in [0.717, 1.165) is 31.2 Å². The number of rotatable bonds is 12. The van der Waals surface area contributed by atoms with E-state index in [4.69, 9.17) is 0 Å². The molecule has 0 spiro atoms. The molecule has 1 aromatic carbocycles. The molecule has 1 aromatic rings. The van der Waals surface area contributed by atoms with Gasteiger partial charge in [0.1, 0.15) is 0 Å². The average molecular weight is 377 g/mol. The van der Waals surface area contributed by atoms with Crippen molar-refractivity contribution in [1.29, 1.82) is 0 Å². The van der Waals surface area contributed by atoms with Crippen molar-refractivity contribution >= 4 is 23.4 Å². The number of carbonyl (C=O) groups is 2. The summed E-state index contributed by atoms with van der Waals surface area (Å²) in [5.74, 6) is 0. The maximum absolute atomic E-state index is 12.0. The average Bonchev–Trinajstić information content (AvgIpc) is 2.64. The van der Waals surface area contributed by atoms with Crippen LogP contribution in [0.4, 0.5) is 21.0 Å². The van der Waals surface area contributed by atoms with Crippen molar-refractivity contribution in [2.45, 2.75) is 72.1 Å². The van der Waals surface area contributed by atoms with Gasteiger partial charge in [0.05, 0.1) is 0 Å². The Morgan fingerprint density at radius 1 is 0.778 bits per heavy atom. The van der Waals surface area contributed by atoms with E-state index >= 15 is 0 Å². The molecule has 27 heavy (non-hydrogen) atoms. The summed E-state index contributed by atoms with van der Waals surface area (Å²) in [5.41, 5.74) is 2.30. The van der Waals surface area contributed by atoms with Crippen LogP contribution in [-0.4, -0.2) is 25.2 Å². The predicted octanol–water partition coefficient (Wildman–Crippen LogP) is 5.40. The third kappa shape index (κ3) is 10.5. The van der Waals surface area contributed by atoms with Gasteiger partial charge in [-0.2, -0.15) is 0 Å². The highest BCUT2D eigenvalue weighted by Gasteiger charge is 2.07. The molecule has 6 heteroatoms. The zero-order valence-electron chi connectivity index (χ0n) is 17.1. The Balaban J connectivity index is 2.42. The summed E-state index contributed by atoms with van der Waals surface area (Å²) in [6.45, 7) is 7.59. The number of anilines is 2. The number of nitrogens with one attached hydrogen (secondary N) is 4. The van der Waals surface area contributed by atoms with Gasteiger partial charge >= 0.3 is 12.1 Å². The van der Waals surface area contributed by atoms with Crippen molar-refractivity contribution in [2.75, 3.05) is 23.7 Å². The Kier molecular flexibility index (Phi) is 11.7. The number of hydrogen-bond acceptors (Lipinski definition) is 2. The van der Waals surface area contributed by atoms with Crippen LogP contribution in [0.5, 0.6) is 0 Å². The molecule has 0 aliphatic heterocycles. The van der Waals surface area contributed by atoms with E-state index in [9.17, 15) is 9.59 Å². The van der Waals surface area contributed by atoms with E-state index in [-0.39, 0.29) is 12.1 Å². The van der Waals surface area contributed by atoms with Crippen molar-refractivity contribution in [1.82, 2.24) is 10.6 Å². The molecule has 0 unspecified atom stereocenters. The van der Waals surface area contributed by atoms with E-state index in [0.29, 0.717) is 24.5 Å². The summed E-state index contributed by atoms with van der Waals surface area (Å²) < 4.78 is 0. The maximum atomic E-state index is 12.0. The Bertz CT molecular complexity index is 575. The number of benzene rings is 1. The van der Waals surface area contributed by atoms with Crippen LogP contribution in [0.1, 0.15) is 70.8 Å². The number of urea groups is 2. The lowest BCUT2D eigenvalue weighted by Crippen LogP contribution is -2.30. The van der Waals surface area contributed by atoms with Gasteiger partial charge in [-0.1, -0.05) is 58.4 Å². The zero-order chi connectivity index (χ0) is 19.9. The topological polar surface area (TPSA) is 82.3 Å². The van der Waals surface area contributed by atoms with Crippen LogP contribution in [0.15, 0.2) is 18.2 Å². The SMILES string of the molecule is CCCCCCNC(=O)Nc1ccc(C)c(NC(=O)NCCCCCC)c1. The van der Waals surface area contributed by atoms with Gasteiger partial charge in [0.2, 0.25) is 0 Å². The second kappa shape index (κ2) is 13.9. The van der Waals surface area contributed by atoms with Gasteiger partial charge in [0, 0.05) is 24.5 Å². The predicted molar refractivity (Wildman–Crippen MR) is 114 cm³/mol. The molecule has 0 aliphatic rings. The standard InChI is InChI=1S/C21H36N4O2/c1-4-6-8-10-14-22-20(26)24-18-13-12-17(3)19(16-18)25-21(27)23-15-11-9-7-5-2/h12-13,16H,4-11,14-15H2,1-3H3,(H2,22,24,26)(H2,23,25,27). The van der Waals surface area contributed by atoms with Gasteiger partial charge in [0.25, 0.3) is 0 Å². The van der Waals surface area contributed by atoms with Crippen LogP contribution >= 0.6 is 0 Å². The van der Waals surface area contributed by atoms with Crippen LogP contribution in [-0.2, 0) is 0 Å². The molecule has 4 amide bonds.